The molecule has 0 aliphatic carbocycles. The maximum absolute atomic E-state index is 12.5. The Morgan fingerprint density at radius 2 is 1.67 bits per heavy atom. The van der Waals surface area contributed by atoms with E-state index in [1.807, 2.05) is 37.4 Å². The largest absolute Gasteiger partial charge is 0.493 e. The number of amides is 2. The first kappa shape index (κ1) is 21.2. The van der Waals surface area contributed by atoms with Gasteiger partial charge in [-0.2, -0.15) is 0 Å². The summed E-state index contributed by atoms with van der Waals surface area (Å²) in [6, 6.07) is 10.7. The van der Waals surface area contributed by atoms with Crippen LogP contribution in [0.4, 0.5) is 4.79 Å². The number of carbonyl (C=O) groups excluding carboxylic acids is 2. The third-order valence-corrected chi connectivity index (χ3v) is 5.22. The molecule has 0 aromatic heterocycles. The summed E-state index contributed by atoms with van der Waals surface area (Å²) in [4.78, 5) is 26.0. The van der Waals surface area contributed by atoms with Gasteiger partial charge in [0.2, 0.25) is 0 Å². The maximum atomic E-state index is 12.5. The molecule has 0 spiro atoms. The zero-order valence-electron chi connectivity index (χ0n) is 17.8. The van der Waals surface area contributed by atoms with E-state index in [0.29, 0.717) is 23.5 Å². The molecule has 1 N–H and O–H groups in total. The zero-order chi connectivity index (χ0) is 21.8. The highest BCUT2D eigenvalue weighted by atomic mass is 16.5. The molecule has 0 saturated heterocycles. The zero-order valence-corrected chi connectivity index (χ0v) is 17.8. The summed E-state index contributed by atoms with van der Waals surface area (Å²) >= 11 is 0. The van der Waals surface area contributed by atoms with E-state index in [9.17, 15) is 9.59 Å². The van der Waals surface area contributed by atoms with E-state index in [1.54, 1.807) is 38.3 Å². The van der Waals surface area contributed by atoms with Crippen LogP contribution in [0.5, 0.6) is 11.5 Å². The van der Waals surface area contributed by atoms with Gasteiger partial charge in [0, 0.05) is 24.9 Å². The van der Waals surface area contributed by atoms with Crippen LogP contribution in [0.1, 0.15) is 34.0 Å². The number of carbonyl (C=O) groups is 2. The molecular weight excluding hydrogens is 384 g/mol. The molecular formula is C23H26N2O5. The smallest absolute Gasteiger partial charge is 0.337 e. The van der Waals surface area contributed by atoms with Gasteiger partial charge in [-0.1, -0.05) is 12.1 Å². The average Bonchev–Trinajstić information content (AvgIpc) is 2.92. The van der Waals surface area contributed by atoms with E-state index in [2.05, 4.69) is 5.32 Å². The van der Waals surface area contributed by atoms with Crippen LogP contribution in [0.2, 0.25) is 0 Å². The number of fused-ring (bicyclic) bond motifs is 1. The third kappa shape index (κ3) is 3.96. The Bertz CT molecular complexity index is 982. The summed E-state index contributed by atoms with van der Waals surface area (Å²) < 4.78 is 15.8. The minimum absolute atomic E-state index is 0.0753. The van der Waals surface area contributed by atoms with Crippen molar-refractivity contribution in [3.8, 4) is 11.5 Å². The Morgan fingerprint density at radius 3 is 2.23 bits per heavy atom. The van der Waals surface area contributed by atoms with Crippen molar-refractivity contribution in [3.05, 3.63) is 64.9 Å². The number of nitrogens with one attached hydrogen (secondary N) is 1. The van der Waals surface area contributed by atoms with Crippen molar-refractivity contribution < 1.29 is 23.8 Å². The lowest BCUT2D eigenvalue weighted by Gasteiger charge is -2.24. The molecule has 1 atom stereocenters. The van der Waals surface area contributed by atoms with Crippen molar-refractivity contribution in [3.63, 3.8) is 0 Å². The monoisotopic (exact) mass is 410 g/mol. The number of ether oxygens (including phenoxy) is 3. The first-order valence-corrected chi connectivity index (χ1v) is 9.59. The van der Waals surface area contributed by atoms with Crippen LogP contribution in [0.3, 0.4) is 0 Å². The molecule has 0 radical (unpaired) electrons. The van der Waals surface area contributed by atoms with Crippen LogP contribution in [0.15, 0.2) is 42.6 Å². The minimum atomic E-state index is -0.399. The quantitative estimate of drug-likeness (QED) is 0.781. The van der Waals surface area contributed by atoms with Crippen molar-refractivity contribution in [2.75, 3.05) is 28.4 Å². The summed E-state index contributed by atoms with van der Waals surface area (Å²) in [6.07, 6.45) is 2.48. The van der Waals surface area contributed by atoms with Gasteiger partial charge in [0.05, 0.1) is 26.9 Å². The summed E-state index contributed by atoms with van der Waals surface area (Å²) in [5.41, 5.74) is 4.14. The highest BCUT2D eigenvalue weighted by Gasteiger charge is 2.27. The molecule has 2 aromatic carbocycles. The van der Waals surface area contributed by atoms with Crippen molar-refractivity contribution in [1.82, 2.24) is 10.2 Å². The number of benzene rings is 2. The molecule has 7 nitrogen and oxygen atoms in total. The predicted molar refractivity (Wildman–Crippen MR) is 114 cm³/mol. The van der Waals surface area contributed by atoms with Crippen LogP contribution in [0, 0.1) is 0 Å². The van der Waals surface area contributed by atoms with E-state index < -0.39 is 5.97 Å². The minimum Gasteiger partial charge on any atom is -0.493 e. The molecule has 1 aliphatic rings. The Labute approximate surface area is 176 Å². The number of methoxy groups -OCH3 is 3. The van der Waals surface area contributed by atoms with E-state index in [-0.39, 0.29) is 12.1 Å². The number of rotatable bonds is 4. The standard InChI is InChI=1S/C23H26N2O5/c1-14-10-17-11-20(28-3)21(29-4)12-18(17)19(13-25(14)23(27)24-2)15-6-8-16(9-7-15)22(26)30-5/h6-9,11-14H,10H2,1-5H3,(H,24,27). The Hall–Kier alpha value is -3.48. The van der Waals surface area contributed by atoms with Gasteiger partial charge in [-0.05, 0) is 54.3 Å². The molecule has 3 rings (SSSR count). The van der Waals surface area contributed by atoms with Crippen LogP contribution < -0.4 is 14.8 Å². The molecule has 0 saturated carbocycles. The van der Waals surface area contributed by atoms with E-state index in [4.69, 9.17) is 14.2 Å². The first-order chi connectivity index (χ1) is 14.4. The third-order valence-electron chi connectivity index (χ3n) is 5.22. The number of urea groups is 1. The van der Waals surface area contributed by atoms with Gasteiger partial charge in [-0.15, -0.1) is 0 Å². The lowest BCUT2D eigenvalue weighted by atomic mass is 9.92. The number of esters is 1. The Morgan fingerprint density at radius 1 is 1.03 bits per heavy atom. The fourth-order valence-electron chi connectivity index (χ4n) is 3.61. The van der Waals surface area contributed by atoms with Crippen molar-refractivity contribution in [2.45, 2.75) is 19.4 Å². The van der Waals surface area contributed by atoms with Crippen LogP contribution >= 0.6 is 0 Å². The Balaban J connectivity index is 2.20. The molecule has 0 bridgehead atoms. The number of hydrogen-bond donors (Lipinski definition) is 1. The lowest BCUT2D eigenvalue weighted by molar-refractivity contribution is 0.0600. The summed E-state index contributed by atoms with van der Waals surface area (Å²) in [5.74, 6) is 0.843. The topological polar surface area (TPSA) is 77.1 Å². The molecule has 30 heavy (non-hydrogen) atoms. The average molecular weight is 410 g/mol. The Kier molecular flexibility index (Phi) is 6.30. The summed E-state index contributed by atoms with van der Waals surface area (Å²) in [5, 5.41) is 2.70. The molecule has 7 heteroatoms. The molecule has 1 unspecified atom stereocenters. The molecule has 2 aromatic rings. The summed E-state index contributed by atoms with van der Waals surface area (Å²) in [6.45, 7) is 2.00. The number of nitrogens with zero attached hydrogens (tertiary/aromatic N) is 1. The summed E-state index contributed by atoms with van der Waals surface area (Å²) in [7, 11) is 6.15. The predicted octanol–water partition coefficient (Wildman–Crippen LogP) is 3.47. The molecule has 158 valence electrons. The van der Waals surface area contributed by atoms with Crippen molar-refractivity contribution in [2.24, 2.45) is 0 Å². The second kappa shape index (κ2) is 8.90. The lowest BCUT2D eigenvalue weighted by Crippen LogP contribution is -2.40. The molecule has 2 amide bonds. The normalized spacial score (nSPS) is 15.4. The van der Waals surface area contributed by atoms with Crippen LogP contribution in [-0.4, -0.2) is 51.3 Å². The highest BCUT2D eigenvalue weighted by molar-refractivity contribution is 5.91. The highest BCUT2D eigenvalue weighted by Crippen LogP contribution is 2.39. The van der Waals surface area contributed by atoms with Crippen LogP contribution in [0.25, 0.3) is 5.57 Å². The fraction of sp³-hybridized carbons (Fsp3) is 0.304. The van der Waals surface area contributed by atoms with Gasteiger partial charge < -0.3 is 19.5 Å². The number of hydrogen-bond acceptors (Lipinski definition) is 5. The van der Waals surface area contributed by atoms with Gasteiger partial charge in [-0.3, -0.25) is 4.90 Å². The second-order valence-electron chi connectivity index (χ2n) is 6.99. The van der Waals surface area contributed by atoms with E-state index in [0.717, 1.165) is 22.3 Å². The van der Waals surface area contributed by atoms with Crippen molar-refractivity contribution in [1.29, 1.82) is 0 Å². The fourth-order valence-corrected chi connectivity index (χ4v) is 3.61. The molecule has 1 aliphatic heterocycles. The van der Waals surface area contributed by atoms with E-state index >= 15 is 0 Å². The maximum Gasteiger partial charge on any atom is 0.337 e. The molecule has 0 fully saturated rings. The SMILES string of the molecule is CNC(=O)N1C=C(c2ccc(C(=O)OC)cc2)c2cc(OC)c(OC)cc2CC1C. The van der Waals surface area contributed by atoms with Gasteiger partial charge in [0.15, 0.2) is 11.5 Å². The second-order valence-corrected chi connectivity index (χ2v) is 6.99. The van der Waals surface area contributed by atoms with Gasteiger partial charge in [0.25, 0.3) is 0 Å². The van der Waals surface area contributed by atoms with Gasteiger partial charge in [-0.25, -0.2) is 9.59 Å². The molecule has 1 heterocycles. The van der Waals surface area contributed by atoms with E-state index in [1.165, 1.54) is 7.11 Å². The first-order valence-electron chi connectivity index (χ1n) is 9.59. The van der Waals surface area contributed by atoms with Gasteiger partial charge in [0.1, 0.15) is 0 Å². The van der Waals surface area contributed by atoms with Crippen molar-refractivity contribution >= 4 is 17.6 Å². The van der Waals surface area contributed by atoms with Crippen LogP contribution in [-0.2, 0) is 11.2 Å². The van der Waals surface area contributed by atoms with Gasteiger partial charge >= 0.3 is 12.0 Å².